The number of benzene rings is 2. The maximum atomic E-state index is 12.9. The lowest BCUT2D eigenvalue weighted by Gasteiger charge is -2.12. The number of nitrogens with zero attached hydrogens (tertiary/aromatic N) is 2. The highest BCUT2D eigenvalue weighted by Gasteiger charge is 2.32. The molecule has 1 aliphatic heterocycles. The fourth-order valence-corrected chi connectivity index (χ4v) is 4.45. The number of likely N-dealkylation sites (N-methyl/N-ethyl adjacent to an activating group) is 1. The quantitative estimate of drug-likeness (QED) is 0.379. The molecular weight excluding hydrogens is 455 g/mol. The Balaban J connectivity index is 1.61. The van der Waals surface area contributed by atoms with Gasteiger partial charge in [-0.25, -0.2) is 4.99 Å². The second-order valence-electron chi connectivity index (χ2n) is 6.58. The van der Waals surface area contributed by atoms with Crippen molar-refractivity contribution in [2.24, 2.45) is 4.99 Å². The fourth-order valence-electron chi connectivity index (χ4n) is 3.03. The van der Waals surface area contributed by atoms with Crippen molar-refractivity contribution in [2.45, 2.75) is 6.92 Å². The Morgan fingerprint density at radius 2 is 1.90 bits per heavy atom. The largest absolute Gasteiger partial charge is 0.497 e. The summed E-state index contributed by atoms with van der Waals surface area (Å²) in [5.41, 5.74) is 1.44. The van der Waals surface area contributed by atoms with Crippen LogP contribution in [0.15, 0.2) is 68.9 Å². The van der Waals surface area contributed by atoms with E-state index in [1.54, 1.807) is 48.4 Å². The van der Waals surface area contributed by atoms with Gasteiger partial charge >= 0.3 is 0 Å². The summed E-state index contributed by atoms with van der Waals surface area (Å²) in [6.07, 6.45) is 1.72. The monoisotopic (exact) mass is 472 g/mol. The van der Waals surface area contributed by atoms with Crippen LogP contribution in [0.2, 0.25) is 10.0 Å². The Bertz CT molecular complexity index is 1190. The number of furan rings is 1. The van der Waals surface area contributed by atoms with Gasteiger partial charge in [0.05, 0.1) is 22.7 Å². The molecule has 5 nitrogen and oxygen atoms in total. The Hall–Kier alpha value is -2.67. The third-order valence-corrected chi connectivity index (χ3v) is 6.17. The summed E-state index contributed by atoms with van der Waals surface area (Å²) >= 11 is 13.7. The van der Waals surface area contributed by atoms with Crippen molar-refractivity contribution >= 4 is 57.8 Å². The summed E-state index contributed by atoms with van der Waals surface area (Å²) in [5.74, 6) is 1.76. The number of carbonyl (C=O) groups is 1. The van der Waals surface area contributed by atoms with Crippen LogP contribution in [0.25, 0.3) is 17.4 Å². The Kier molecular flexibility index (Phi) is 6.41. The van der Waals surface area contributed by atoms with Crippen LogP contribution < -0.4 is 4.74 Å². The van der Waals surface area contributed by atoms with Crippen LogP contribution in [0.1, 0.15) is 12.7 Å². The number of rotatable bonds is 5. The zero-order chi connectivity index (χ0) is 22.0. The van der Waals surface area contributed by atoms with E-state index in [0.717, 1.165) is 11.4 Å². The zero-order valence-corrected chi connectivity index (χ0v) is 19.1. The molecule has 0 unspecified atom stereocenters. The molecule has 2 heterocycles. The summed E-state index contributed by atoms with van der Waals surface area (Å²) in [4.78, 5) is 19.7. The molecule has 4 rings (SSSR count). The van der Waals surface area contributed by atoms with Crippen molar-refractivity contribution < 1.29 is 13.9 Å². The van der Waals surface area contributed by atoms with Gasteiger partial charge in [0.15, 0.2) is 5.17 Å². The maximum Gasteiger partial charge on any atom is 0.266 e. The smallest absolute Gasteiger partial charge is 0.266 e. The second-order valence-corrected chi connectivity index (χ2v) is 8.43. The van der Waals surface area contributed by atoms with Gasteiger partial charge in [0.2, 0.25) is 0 Å². The molecule has 1 saturated heterocycles. The maximum absolute atomic E-state index is 12.9. The summed E-state index contributed by atoms with van der Waals surface area (Å²) < 4.78 is 11.1. The molecule has 2 aromatic carbocycles. The molecule has 0 radical (unpaired) electrons. The number of hydrogen-bond donors (Lipinski definition) is 0. The average molecular weight is 473 g/mol. The van der Waals surface area contributed by atoms with Gasteiger partial charge in [0, 0.05) is 23.2 Å². The molecule has 0 spiro atoms. The van der Waals surface area contributed by atoms with Crippen LogP contribution in [0.3, 0.4) is 0 Å². The van der Waals surface area contributed by atoms with E-state index in [0.29, 0.717) is 43.7 Å². The molecule has 1 aliphatic rings. The standard InChI is InChI=1S/C23H18Cl2N2O3S/c1-3-27-22(28)21(31-23(27)26-15-5-7-16(29-2)8-6-15)13-17-9-11-20(30-17)18-12-14(24)4-10-19(18)25/h4-13H,3H2,1-2H3/b21-13+,26-23?. The molecule has 0 saturated carbocycles. The van der Waals surface area contributed by atoms with Crippen molar-refractivity contribution in [1.29, 1.82) is 0 Å². The van der Waals surface area contributed by atoms with Crippen molar-refractivity contribution in [3.8, 4) is 17.1 Å². The van der Waals surface area contributed by atoms with E-state index in [9.17, 15) is 4.79 Å². The van der Waals surface area contributed by atoms with Gasteiger partial charge in [0.25, 0.3) is 5.91 Å². The van der Waals surface area contributed by atoms with E-state index in [-0.39, 0.29) is 5.91 Å². The minimum atomic E-state index is -0.113. The molecule has 3 aromatic rings. The van der Waals surface area contributed by atoms with Crippen molar-refractivity contribution in [2.75, 3.05) is 13.7 Å². The Labute approximate surface area is 194 Å². The lowest BCUT2D eigenvalue weighted by atomic mass is 10.2. The third kappa shape index (κ3) is 4.66. The van der Waals surface area contributed by atoms with Gasteiger partial charge in [0.1, 0.15) is 17.3 Å². The topological polar surface area (TPSA) is 55.0 Å². The number of amides is 1. The summed E-state index contributed by atoms with van der Waals surface area (Å²) in [7, 11) is 1.61. The van der Waals surface area contributed by atoms with Crippen LogP contribution in [-0.2, 0) is 4.79 Å². The second kappa shape index (κ2) is 9.22. The first-order valence-corrected chi connectivity index (χ1v) is 11.0. The molecule has 0 aliphatic carbocycles. The first kappa shape index (κ1) is 21.6. The number of methoxy groups -OCH3 is 1. The van der Waals surface area contributed by atoms with Crippen LogP contribution in [-0.4, -0.2) is 29.6 Å². The highest BCUT2D eigenvalue weighted by Crippen LogP contribution is 2.36. The van der Waals surface area contributed by atoms with E-state index < -0.39 is 0 Å². The van der Waals surface area contributed by atoms with Crippen molar-refractivity contribution in [3.05, 3.63) is 75.3 Å². The molecule has 31 heavy (non-hydrogen) atoms. The average Bonchev–Trinajstić information content (AvgIpc) is 3.35. The summed E-state index contributed by atoms with van der Waals surface area (Å²) in [6.45, 7) is 2.43. The van der Waals surface area contributed by atoms with Gasteiger partial charge in [-0.3, -0.25) is 9.69 Å². The van der Waals surface area contributed by atoms with Gasteiger partial charge < -0.3 is 9.15 Å². The normalized spacial score (nSPS) is 16.5. The fraction of sp³-hybridized carbons (Fsp3) is 0.130. The molecule has 1 aromatic heterocycles. The van der Waals surface area contributed by atoms with Crippen LogP contribution >= 0.6 is 35.0 Å². The Morgan fingerprint density at radius 3 is 2.61 bits per heavy atom. The van der Waals surface area contributed by atoms with E-state index in [4.69, 9.17) is 32.4 Å². The van der Waals surface area contributed by atoms with E-state index in [2.05, 4.69) is 4.99 Å². The van der Waals surface area contributed by atoms with Gasteiger partial charge in [-0.2, -0.15) is 0 Å². The van der Waals surface area contributed by atoms with Crippen molar-refractivity contribution in [3.63, 3.8) is 0 Å². The predicted octanol–water partition coefficient (Wildman–Crippen LogP) is 6.89. The minimum Gasteiger partial charge on any atom is -0.497 e. The van der Waals surface area contributed by atoms with E-state index in [1.807, 2.05) is 31.2 Å². The third-order valence-electron chi connectivity index (χ3n) is 4.60. The lowest BCUT2D eigenvalue weighted by Crippen LogP contribution is -2.28. The zero-order valence-electron chi connectivity index (χ0n) is 16.8. The number of aliphatic imine (C=N–C) groups is 1. The predicted molar refractivity (Wildman–Crippen MR) is 127 cm³/mol. The van der Waals surface area contributed by atoms with Crippen LogP contribution in [0, 0.1) is 0 Å². The van der Waals surface area contributed by atoms with Gasteiger partial charge in [-0.05, 0) is 73.3 Å². The molecule has 0 atom stereocenters. The number of amidine groups is 1. The SMILES string of the molecule is CCN1C(=O)/C(=C\c2ccc(-c3cc(Cl)ccc3Cl)o2)SC1=Nc1ccc(OC)cc1. The first-order valence-electron chi connectivity index (χ1n) is 9.48. The number of hydrogen-bond acceptors (Lipinski definition) is 5. The molecule has 0 N–H and O–H groups in total. The first-order chi connectivity index (χ1) is 15.0. The van der Waals surface area contributed by atoms with Crippen LogP contribution in [0.5, 0.6) is 5.75 Å². The summed E-state index contributed by atoms with van der Waals surface area (Å²) in [6, 6.07) is 16.1. The summed E-state index contributed by atoms with van der Waals surface area (Å²) in [5, 5.41) is 1.72. The number of thioether (sulfide) groups is 1. The lowest BCUT2D eigenvalue weighted by molar-refractivity contribution is -0.122. The molecule has 158 valence electrons. The van der Waals surface area contributed by atoms with Crippen LogP contribution in [0.4, 0.5) is 5.69 Å². The van der Waals surface area contributed by atoms with Crippen molar-refractivity contribution in [1.82, 2.24) is 4.90 Å². The number of carbonyl (C=O) groups excluding carboxylic acids is 1. The molecular formula is C23H18Cl2N2O3S. The highest BCUT2D eigenvalue weighted by molar-refractivity contribution is 8.18. The highest BCUT2D eigenvalue weighted by atomic mass is 35.5. The molecule has 0 bridgehead atoms. The van der Waals surface area contributed by atoms with E-state index >= 15 is 0 Å². The molecule has 1 fully saturated rings. The van der Waals surface area contributed by atoms with Gasteiger partial charge in [-0.1, -0.05) is 23.2 Å². The minimum absolute atomic E-state index is 0.113. The number of ether oxygens (including phenoxy) is 1. The van der Waals surface area contributed by atoms with E-state index in [1.165, 1.54) is 11.8 Å². The Morgan fingerprint density at radius 1 is 1.13 bits per heavy atom. The molecule has 1 amide bonds. The molecule has 8 heteroatoms. The number of halogens is 2. The van der Waals surface area contributed by atoms with Gasteiger partial charge in [-0.15, -0.1) is 0 Å².